The molecule has 0 bridgehead atoms. The third-order valence-electron chi connectivity index (χ3n) is 4.43. The van der Waals surface area contributed by atoms with Crippen LogP contribution in [0.15, 0.2) is 40.9 Å². The fraction of sp³-hybridized carbons (Fsp3) is 0.333. The summed E-state index contributed by atoms with van der Waals surface area (Å²) >= 11 is 3.49. The van der Waals surface area contributed by atoms with Gasteiger partial charge >= 0.3 is 0 Å². The van der Waals surface area contributed by atoms with E-state index in [4.69, 9.17) is 0 Å². The molecule has 2 aromatic heterocycles. The van der Waals surface area contributed by atoms with E-state index in [9.17, 15) is 0 Å². The summed E-state index contributed by atoms with van der Waals surface area (Å²) in [4.78, 5) is 10.3. The van der Waals surface area contributed by atoms with Crippen LogP contribution in [0, 0.1) is 0 Å². The summed E-state index contributed by atoms with van der Waals surface area (Å²) in [5.41, 5.74) is 3.45. The Morgan fingerprint density at radius 2 is 1.96 bits per heavy atom. The average molecular weight is 357 g/mol. The third kappa shape index (κ3) is 3.14. The zero-order valence-corrected chi connectivity index (χ0v) is 15.2. The van der Waals surface area contributed by atoms with Crippen molar-refractivity contribution in [2.75, 3.05) is 24.7 Å². The lowest BCUT2D eigenvalue weighted by atomic mass is 10.1. The molecule has 6 heteroatoms. The molecule has 2 N–H and O–H groups in total. The minimum Gasteiger partial charge on any atom is -0.366 e. The standard InChI is InChI=1S/C18H20N4S2/c1-23-14-4-2-12(3-5-14)15-10-24-17-16(15)20-11-21-18(17)22-13-6-8-19-9-7-13/h2-5,10-11,13,19H,6-9H2,1H3,(H,20,21,22). The number of hydrogen-bond donors (Lipinski definition) is 2. The predicted molar refractivity (Wildman–Crippen MR) is 104 cm³/mol. The normalized spacial score (nSPS) is 15.7. The van der Waals surface area contributed by atoms with Crippen LogP contribution in [0.5, 0.6) is 0 Å². The molecule has 0 atom stereocenters. The molecule has 4 nitrogen and oxygen atoms in total. The highest BCUT2D eigenvalue weighted by Crippen LogP contribution is 2.36. The minimum atomic E-state index is 0.496. The monoisotopic (exact) mass is 356 g/mol. The molecule has 1 saturated heterocycles. The molecule has 1 fully saturated rings. The first-order valence-electron chi connectivity index (χ1n) is 8.19. The molecule has 0 spiro atoms. The lowest BCUT2D eigenvalue weighted by Gasteiger charge is -2.24. The Morgan fingerprint density at radius 3 is 2.71 bits per heavy atom. The summed E-state index contributed by atoms with van der Waals surface area (Å²) in [6.07, 6.45) is 6.05. The van der Waals surface area contributed by atoms with Crippen LogP contribution in [0.3, 0.4) is 0 Å². The van der Waals surface area contributed by atoms with Crippen LogP contribution in [-0.2, 0) is 0 Å². The van der Waals surface area contributed by atoms with Gasteiger partial charge in [-0.3, -0.25) is 0 Å². The maximum atomic E-state index is 4.56. The van der Waals surface area contributed by atoms with E-state index >= 15 is 0 Å². The number of piperidine rings is 1. The average Bonchev–Trinajstić information content (AvgIpc) is 3.08. The van der Waals surface area contributed by atoms with Crippen LogP contribution >= 0.6 is 23.1 Å². The number of aromatic nitrogens is 2. The van der Waals surface area contributed by atoms with Gasteiger partial charge in [0, 0.05) is 21.9 Å². The summed E-state index contributed by atoms with van der Waals surface area (Å²) < 4.78 is 1.15. The lowest BCUT2D eigenvalue weighted by molar-refractivity contribution is 0.478. The molecule has 0 amide bonds. The first-order chi connectivity index (χ1) is 11.8. The van der Waals surface area contributed by atoms with Crippen LogP contribution in [0.4, 0.5) is 5.82 Å². The van der Waals surface area contributed by atoms with E-state index in [-0.39, 0.29) is 0 Å². The number of thioether (sulfide) groups is 1. The van der Waals surface area contributed by atoms with Gasteiger partial charge in [-0.1, -0.05) is 12.1 Å². The van der Waals surface area contributed by atoms with Gasteiger partial charge in [-0.15, -0.1) is 23.1 Å². The highest BCUT2D eigenvalue weighted by atomic mass is 32.2. The Labute approximate surface area is 150 Å². The third-order valence-corrected chi connectivity index (χ3v) is 6.15. The molecule has 1 aliphatic rings. The molecule has 0 saturated carbocycles. The Bertz CT molecular complexity index is 823. The van der Waals surface area contributed by atoms with Gasteiger partial charge in [-0.25, -0.2) is 9.97 Å². The van der Waals surface area contributed by atoms with E-state index in [1.54, 1.807) is 29.4 Å². The number of fused-ring (bicyclic) bond motifs is 1. The number of benzene rings is 1. The summed E-state index contributed by atoms with van der Waals surface area (Å²) in [5.74, 6) is 0.976. The van der Waals surface area contributed by atoms with Crippen molar-refractivity contribution < 1.29 is 0 Å². The zero-order valence-electron chi connectivity index (χ0n) is 13.6. The highest BCUT2D eigenvalue weighted by molar-refractivity contribution is 7.98. The number of hydrogen-bond acceptors (Lipinski definition) is 6. The molecular formula is C18H20N4S2. The van der Waals surface area contributed by atoms with E-state index in [2.05, 4.69) is 56.5 Å². The smallest absolute Gasteiger partial charge is 0.147 e. The summed E-state index contributed by atoms with van der Waals surface area (Å²) in [6.45, 7) is 2.15. The van der Waals surface area contributed by atoms with Crippen LogP contribution in [0.1, 0.15) is 12.8 Å². The van der Waals surface area contributed by atoms with Gasteiger partial charge in [0.05, 0.1) is 10.2 Å². The molecule has 1 aliphatic heterocycles. The maximum Gasteiger partial charge on any atom is 0.147 e. The number of anilines is 1. The Kier molecular flexibility index (Phi) is 4.69. The van der Waals surface area contributed by atoms with Gasteiger partial charge in [-0.2, -0.15) is 0 Å². The first kappa shape index (κ1) is 15.9. The molecule has 0 unspecified atom stereocenters. The van der Waals surface area contributed by atoms with E-state index in [0.717, 1.165) is 42.0 Å². The molecule has 0 radical (unpaired) electrons. The number of nitrogens with one attached hydrogen (secondary N) is 2. The minimum absolute atomic E-state index is 0.496. The second-order valence-electron chi connectivity index (χ2n) is 5.95. The quantitative estimate of drug-likeness (QED) is 0.685. The van der Waals surface area contributed by atoms with Crippen molar-refractivity contribution in [3.05, 3.63) is 36.0 Å². The van der Waals surface area contributed by atoms with Crippen LogP contribution in [0.25, 0.3) is 21.3 Å². The molecule has 24 heavy (non-hydrogen) atoms. The van der Waals surface area contributed by atoms with Crippen LogP contribution < -0.4 is 10.6 Å². The SMILES string of the molecule is CSc1ccc(-c2csc3c(NC4CCNCC4)ncnc23)cc1. The molecule has 3 aromatic rings. The number of rotatable bonds is 4. The van der Waals surface area contributed by atoms with Crippen molar-refractivity contribution in [3.63, 3.8) is 0 Å². The summed E-state index contributed by atoms with van der Waals surface area (Å²) in [6, 6.07) is 9.18. The van der Waals surface area contributed by atoms with Gasteiger partial charge in [0.25, 0.3) is 0 Å². The Morgan fingerprint density at radius 1 is 1.17 bits per heavy atom. The largest absolute Gasteiger partial charge is 0.366 e. The second kappa shape index (κ2) is 7.09. The molecule has 0 aliphatic carbocycles. The van der Waals surface area contributed by atoms with Crippen LogP contribution in [-0.4, -0.2) is 35.4 Å². The molecule has 124 valence electrons. The van der Waals surface area contributed by atoms with Gasteiger partial charge in [0.15, 0.2) is 0 Å². The topological polar surface area (TPSA) is 49.8 Å². The Balaban J connectivity index is 1.67. The van der Waals surface area contributed by atoms with E-state index in [1.807, 2.05) is 0 Å². The van der Waals surface area contributed by atoms with E-state index in [0.29, 0.717) is 6.04 Å². The Hall–Kier alpha value is -1.63. The summed E-state index contributed by atoms with van der Waals surface area (Å²) in [7, 11) is 0. The van der Waals surface area contributed by atoms with Crippen molar-refractivity contribution in [3.8, 4) is 11.1 Å². The molecular weight excluding hydrogens is 336 g/mol. The second-order valence-corrected chi connectivity index (χ2v) is 7.71. The summed E-state index contributed by atoms with van der Waals surface area (Å²) in [5, 5.41) is 9.22. The van der Waals surface area contributed by atoms with Crippen molar-refractivity contribution >= 4 is 39.1 Å². The van der Waals surface area contributed by atoms with Crippen molar-refractivity contribution in [2.45, 2.75) is 23.8 Å². The van der Waals surface area contributed by atoms with Crippen molar-refractivity contribution in [2.24, 2.45) is 0 Å². The van der Waals surface area contributed by atoms with Gasteiger partial charge in [0.1, 0.15) is 12.1 Å². The van der Waals surface area contributed by atoms with Crippen molar-refractivity contribution in [1.82, 2.24) is 15.3 Å². The van der Waals surface area contributed by atoms with Gasteiger partial charge in [-0.05, 0) is 49.9 Å². The van der Waals surface area contributed by atoms with Crippen molar-refractivity contribution in [1.29, 1.82) is 0 Å². The molecule has 3 heterocycles. The fourth-order valence-corrected chi connectivity index (χ4v) is 4.48. The van der Waals surface area contributed by atoms with E-state index < -0.39 is 0 Å². The fourth-order valence-electron chi connectivity index (χ4n) is 3.09. The highest BCUT2D eigenvalue weighted by Gasteiger charge is 2.17. The van der Waals surface area contributed by atoms with Gasteiger partial charge in [0.2, 0.25) is 0 Å². The molecule has 4 rings (SSSR count). The predicted octanol–water partition coefficient (Wildman–Crippen LogP) is 4.24. The van der Waals surface area contributed by atoms with E-state index in [1.165, 1.54) is 16.0 Å². The zero-order chi connectivity index (χ0) is 16.4. The van der Waals surface area contributed by atoms with Gasteiger partial charge < -0.3 is 10.6 Å². The first-order valence-corrected chi connectivity index (χ1v) is 10.3. The number of nitrogens with zero attached hydrogens (tertiary/aromatic N) is 2. The van der Waals surface area contributed by atoms with Crippen LogP contribution in [0.2, 0.25) is 0 Å². The maximum absolute atomic E-state index is 4.56. The number of thiophene rings is 1. The lowest BCUT2D eigenvalue weighted by Crippen LogP contribution is -2.35. The molecule has 1 aromatic carbocycles.